The Labute approximate surface area is 152 Å². The Hall–Kier alpha value is -2.41. The fourth-order valence-electron chi connectivity index (χ4n) is 2.68. The third kappa shape index (κ3) is 3.51. The van der Waals surface area contributed by atoms with Crippen molar-refractivity contribution in [2.45, 2.75) is 12.5 Å². The lowest BCUT2D eigenvalue weighted by Crippen LogP contribution is -2.41. The first-order valence-electron chi connectivity index (χ1n) is 7.69. The zero-order valence-electron chi connectivity index (χ0n) is 13.5. The molecule has 0 unspecified atom stereocenters. The minimum atomic E-state index is -1.11. The van der Waals surface area contributed by atoms with Crippen LogP contribution in [0.1, 0.15) is 12.5 Å². The van der Waals surface area contributed by atoms with E-state index in [1.54, 1.807) is 19.1 Å². The van der Waals surface area contributed by atoms with E-state index in [9.17, 15) is 14.0 Å². The molecule has 1 aliphatic heterocycles. The number of urea groups is 1. The van der Waals surface area contributed by atoms with E-state index < -0.39 is 11.6 Å². The van der Waals surface area contributed by atoms with Crippen LogP contribution in [0.25, 0.3) is 0 Å². The van der Waals surface area contributed by atoms with E-state index in [-0.39, 0.29) is 24.9 Å². The van der Waals surface area contributed by atoms with Gasteiger partial charge in [0.15, 0.2) is 0 Å². The zero-order chi connectivity index (χ0) is 18.0. The second-order valence-electron chi connectivity index (χ2n) is 5.82. The molecule has 1 N–H and O–H groups in total. The Morgan fingerprint density at radius 1 is 1.20 bits per heavy atom. The summed E-state index contributed by atoms with van der Waals surface area (Å²) in [5.41, 5.74) is -0.418. The average Bonchev–Trinajstić information content (AvgIpc) is 2.81. The molecule has 0 saturated carbocycles. The Bertz CT molecular complexity index is 812. The van der Waals surface area contributed by atoms with E-state index in [1.807, 2.05) is 12.1 Å². The molecule has 0 aromatic heterocycles. The Morgan fingerprint density at radius 3 is 2.60 bits per heavy atom. The molecule has 5 nitrogen and oxygen atoms in total. The molecule has 7 heteroatoms. The largest absolute Gasteiger partial charge is 0.492 e. The van der Waals surface area contributed by atoms with Crippen molar-refractivity contribution in [1.82, 2.24) is 10.2 Å². The number of amides is 3. The second kappa shape index (κ2) is 6.84. The maximum Gasteiger partial charge on any atom is 0.325 e. The number of carbonyl (C=O) groups excluding carboxylic acids is 2. The van der Waals surface area contributed by atoms with E-state index in [0.29, 0.717) is 11.3 Å². The standard InChI is InChI=1S/C18H16BrFN2O3/c1-18(12-3-2-4-13(19)11-12)16(23)22(17(24)21-18)9-10-25-15-7-5-14(20)6-8-15/h2-8,11H,9-10H2,1H3,(H,21,24)/t18-/m0/s1. The van der Waals surface area contributed by atoms with Crippen LogP contribution in [0, 0.1) is 5.82 Å². The molecule has 0 radical (unpaired) electrons. The normalized spacial score (nSPS) is 19.9. The summed E-state index contributed by atoms with van der Waals surface area (Å²) in [5, 5.41) is 2.74. The summed E-state index contributed by atoms with van der Waals surface area (Å²) in [4.78, 5) is 26.1. The van der Waals surface area contributed by atoms with Crippen LogP contribution in [-0.4, -0.2) is 30.0 Å². The summed E-state index contributed by atoms with van der Waals surface area (Å²) < 4.78 is 19.2. The minimum Gasteiger partial charge on any atom is -0.492 e. The molecule has 2 aromatic rings. The minimum absolute atomic E-state index is 0.103. The number of hydrogen-bond donors (Lipinski definition) is 1. The van der Waals surface area contributed by atoms with Crippen LogP contribution in [0.2, 0.25) is 0 Å². The summed E-state index contributed by atoms with van der Waals surface area (Å²) in [7, 11) is 0. The molecule has 130 valence electrons. The van der Waals surface area contributed by atoms with Crippen LogP contribution in [-0.2, 0) is 10.3 Å². The van der Waals surface area contributed by atoms with Gasteiger partial charge in [-0.05, 0) is 48.9 Å². The number of ether oxygens (including phenoxy) is 1. The number of rotatable bonds is 5. The molecule has 1 saturated heterocycles. The fraction of sp³-hybridized carbons (Fsp3) is 0.222. The fourth-order valence-corrected chi connectivity index (χ4v) is 3.08. The summed E-state index contributed by atoms with van der Waals surface area (Å²) in [5.74, 6) is -0.215. The molecular weight excluding hydrogens is 391 g/mol. The molecule has 0 bridgehead atoms. The zero-order valence-corrected chi connectivity index (χ0v) is 15.0. The van der Waals surface area contributed by atoms with Crippen LogP contribution < -0.4 is 10.1 Å². The van der Waals surface area contributed by atoms with Crippen LogP contribution in [0.5, 0.6) is 5.75 Å². The summed E-state index contributed by atoms with van der Waals surface area (Å²) in [6.07, 6.45) is 0. The highest BCUT2D eigenvalue weighted by molar-refractivity contribution is 9.10. The molecule has 1 aliphatic rings. The van der Waals surface area contributed by atoms with Crippen LogP contribution in [0.3, 0.4) is 0 Å². The Morgan fingerprint density at radius 2 is 1.92 bits per heavy atom. The number of halogens is 2. The number of benzene rings is 2. The quantitative estimate of drug-likeness (QED) is 0.773. The van der Waals surface area contributed by atoms with Gasteiger partial charge in [0.25, 0.3) is 5.91 Å². The highest BCUT2D eigenvalue weighted by Gasteiger charge is 2.48. The topological polar surface area (TPSA) is 58.6 Å². The Kier molecular flexibility index (Phi) is 4.76. The van der Waals surface area contributed by atoms with Crippen molar-refractivity contribution in [3.05, 3.63) is 64.4 Å². The van der Waals surface area contributed by atoms with Gasteiger partial charge in [-0.15, -0.1) is 0 Å². The van der Waals surface area contributed by atoms with Crippen LogP contribution >= 0.6 is 15.9 Å². The highest BCUT2D eigenvalue weighted by atomic mass is 79.9. The van der Waals surface area contributed by atoms with Gasteiger partial charge in [0.2, 0.25) is 0 Å². The first-order valence-corrected chi connectivity index (χ1v) is 8.48. The van der Waals surface area contributed by atoms with Crippen molar-refractivity contribution in [3.8, 4) is 5.75 Å². The number of imide groups is 1. The van der Waals surface area contributed by atoms with Gasteiger partial charge in [0.1, 0.15) is 23.7 Å². The van der Waals surface area contributed by atoms with Crippen molar-refractivity contribution in [3.63, 3.8) is 0 Å². The van der Waals surface area contributed by atoms with Crippen molar-refractivity contribution >= 4 is 27.9 Å². The molecule has 3 rings (SSSR count). The van der Waals surface area contributed by atoms with Gasteiger partial charge in [-0.25, -0.2) is 9.18 Å². The predicted molar refractivity (Wildman–Crippen MR) is 93.6 cm³/mol. The van der Waals surface area contributed by atoms with Crippen molar-refractivity contribution in [2.75, 3.05) is 13.2 Å². The predicted octanol–water partition coefficient (Wildman–Crippen LogP) is 3.43. The molecule has 3 amide bonds. The van der Waals surface area contributed by atoms with Crippen molar-refractivity contribution < 1.29 is 18.7 Å². The number of hydrogen-bond acceptors (Lipinski definition) is 3. The van der Waals surface area contributed by atoms with Crippen molar-refractivity contribution in [1.29, 1.82) is 0 Å². The maximum atomic E-state index is 12.9. The lowest BCUT2D eigenvalue weighted by molar-refractivity contribution is -0.131. The first-order chi connectivity index (χ1) is 11.9. The smallest absolute Gasteiger partial charge is 0.325 e. The molecule has 0 spiro atoms. The van der Waals surface area contributed by atoms with Gasteiger partial charge in [-0.1, -0.05) is 28.1 Å². The first kappa shape index (κ1) is 17.4. The monoisotopic (exact) mass is 406 g/mol. The summed E-state index contributed by atoms with van der Waals surface area (Å²) in [6.45, 7) is 1.90. The number of nitrogens with one attached hydrogen (secondary N) is 1. The number of carbonyl (C=O) groups is 2. The third-order valence-electron chi connectivity index (χ3n) is 4.07. The lowest BCUT2D eigenvalue weighted by atomic mass is 9.92. The van der Waals surface area contributed by atoms with Gasteiger partial charge in [0.05, 0.1) is 6.54 Å². The summed E-state index contributed by atoms with van der Waals surface area (Å²) >= 11 is 3.37. The van der Waals surface area contributed by atoms with Gasteiger partial charge in [-0.3, -0.25) is 9.69 Å². The molecular formula is C18H16BrFN2O3. The van der Waals surface area contributed by atoms with Crippen LogP contribution in [0.4, 0.5) is 9.18 Å². The SMILES string of the molecule is C[C@@]1(c2cccc(Br)c2)NC(=O)N(CCOc2ccc(F)cc2)C1=O. The number of nitrogens with zero attached hydrogens (tertiary/aromatic N) is 1. The highest BCUT2D eigenvalue weighted by Crippen LogP contribution is 2.30. The van der Waals surface area contributed by atoms with E-state index in [1.165, 1.54) is 24.3 Å². The van der Waals surface area contributed by atoms with E-state index in [4.69, 9.17) is 4.74 Å². The molecule has 2 aromatic carbocycles. The molecule has 1 fully saturated rings. The Balaban J connectivity index is 1.68. The van der Waals surface area contributed by atoms with Gasteiger partial charge in [0, 0.05) is 4.47 Å². The second-order valence-corrected chi connectivity index (χ2v) is 6.74. The van der Waals surface area contributed by atoms with E-state index >= 15 is 0 Å². The van der Waals surface area contributed by atoms with Crippen LogP contribution in [0.15, 0.2) is 53.0 Å². The van der Waals surface area contributed by atoms with E-state index in [2.05, 4.69) is 21.2 Å². The average molecular weight is 407 g/mol. The van der Waals surface area contributed by atoms with Gasteiger partial charge < -0.3 is 10.1 Å². The summed E-state index contributed by atoms with van der Waals surface area (Å²) in [6, 6.07) is 12.3. The lowest BCUT2D eigenvalue weighted by Gasteiger charge is -2.22. The molecule has 0 aliphatic carbocycles. The maximum absolute atomic E-state index is 12.9. The van der Waals surface area contributed by atoms with E-state index in [0.717, 1.165) is 9.37 Å². The van der Waals surface area contributed by atoms with Gasteiger partial charge in [-0.2, -0.15) is 0 Å². The van der Waals surface area contributed by atoms with Gasteiger partial charge >= 0.3 is 6.03 Å². The molecule has 1 atom stereocenters. The molecule has 25 heavy (non-hydrogen) atoms. The molecule has 1 heterocycles. The van der Waals surface area contributed by atoms with Crippen molar-refractivity contribution in [2.24, 2.45) is 0 Å². The third-order valence-corrected chi connectivity index (χ3v) is 4.57.